The van der Waals surface area contributed by atoms with Crippen molar-refractivity contribution in [1.82, 2.24) is 5.32 Å². The van der Waals surface area contributed by atoms with Gasteiger partial charge in [-0.25, -0.2) is 0 Å². The lowest BCUT2D eigenvalue weighted by atomic mass is 10.0. The van der Waals surface area contributed by atoms with E-state index in [1.165, 1.54) is 11.3 Å². The fraction of sp³-hybridized carbons (Fsp3) is 0.0588. The Hall–Kier alpha value is -2.66. The van der Waals surface area contributed by atoms with Crippen LogP contribution in [-0.4, -0.2) is 11.7 Å². The minimum atomic E-state index is -0.295. The largest absolute Gasteiger partial charge is 0.467 e. The number of nitrogens with one attached hydrogen (secondary N) is 1. The second-order valence-corrected chi connectivity index (χ2v) is 5.56. The Labute approximate surface area is 131 Å². The molecule has 3 aromatic rings. The zero-order valence-corrected chi connectivity index (χ0v) is 12.4. The maximum Gasteiger partial charge on any atom is 0.252 e. The topological polar surface area (TPSA) is 59.3 Å². The number of furan rings is 1. The van der Waals surface area contributed by atoms with Crippen molar-refractivity contribution in [2.24, 2.45) is 0 Å². The summed E-state index contributed by atoms with van der Waals surface area (Å²) in [6.45, 7) is 0.285. The van der Waals surface area contributed by atoms with Gasteiger partial charge in [0.05, 0.1) is 23.2 Å². The summed E-state index contributed by atoms with van der Waals surface area (Å²) in [5.74, 6) is 0.228. The summed E-state index contributed by atoms with van der Waals surface area (Å²) in [6.07, 6.45) is 1.55. The van der Waals surface area contributed by atoms with Crippen LogP contribution in [-0.2, 0) is 6.54 Å². The van der Waals surface area contributed by atoms with Crippen LogP contribution in [0.15, 0.2) is 64.6 Å². The number of thiophene rings is 1. The first-order valence-electron chi connectivity index (χ1n) is 6.73. The maximum absolute atomic E-state index is 12.5. The predicted molar refractivity (Wildman–Crippen MR) is 84.1 cm³/mol. The molecule has 0 radical (unpaired) electrons. The summed E-state index contributed by atoms with van der Waals surface area (Å²) in [5.41, 5.74) is 0.773. The first kappa shape index (κ1) is 14.3. The highest BCUT2D eigenvalue weighted by Crippen LogP contribution is 2.18. The van der Waals surface area contributed by atoms with Crippen LogP contribution in [0, 0.1) is 0 Å². The average molecular weight is 311 g/mol. The van der Waals surface area contributed by atoms with E-state index in [1.54, 1.807) is 48.7 Å². The summed E-state index contributed by atoms with van der Waals surface area (Å²) < 4.78 is 5.18. The Morgan fingerprint density at radius 2 is 1.82 bits per heavy atom. The third-order valence-corrected chi connectivity index (χ3v) is 4.03. The van der Waals surface area contributed by atoms with Crippen LogP contribution in [0.2, 0.25) is 0 Å². The molecule has 0 unspecified atom stereocenters. The van der Waals surface area contributed by atoms with Gasteiger partial charge in [0.1, 0.15) is 5.76 Å². The van der Waals surface area contributed by atoms with E-state index in [-0.39, 0.29) is 18.2 Å². The number of hydrogen-bond donors (Lipinski definition) is 1. The zero-order chi connectivity index (χ0) is 15.4. The normalized spacial score (nSPS) is 10.4. The Bertz CT molecular complexity index is 776. The molecule has 3 rings (SSSR count). The van der Waals surface area contributed by atoms with E-state index in [0.29, 0.717) is 21.8 Å². The molecule has 0 atom stereocenters. The fourth-order valence-corrected chi connectivity index (χ4v) is 2.77. The third-order valence-electron chi connectivity index (χ3n) is 3.16. The van der Waals surface area contributed by atoms with Crippen LogP contribution < -0.4 is 5.32 Å². The molecule has 2 heterocycles. The van der Waals surface area contributed by atoms with Crippen LogP contribution in [0.25, 0.3) is 0 Å². The Balaban J connectivity index is 1.81. The van der Waals surface area contributed by atoms with Crippen molar-refractivity contribution in [2.75, 3.05) is 0 Å². The molecule has 110 valence electrons. The maximum atomic E-state index is 12.5. The first-order chi connectivity index (χ1) is 10.8. The zero-order valence-electron chi connectivity index (χ0n) is 11.6. The standard InChI is InChI=1S/C17H13NO3S/c19-16(15-8-4-10-22-15)13-6-1-2-7-14(13)17(20)18-11-12-5-3-9-21-12/h1-10H,11H2,(H,18,20). The van der Waals surface area contributed by atoms with Crippen molar-refractivity contribution in [1.29, 1.82) is 0 Å². The molecule has 1 N–H and O–H groups in total. The summed E-state index contributed by atoms with van der Waals surface area (Å²) in [6, 6.07) is 13.9. The highest BCUT2D eigenvalue weighted by molar-refractivity contribution is 7.12. The monoisotopic (exact) mass is 311 g/mol. The van der Waals surface area contributed by atoms with Crippen molar-refractivity contribution in [3.63, 3.8) is 0 Å². The van der Waals surface area contributed by atoms with Gasteiger partial charge in [-0.15, -0.1) is 11.3 Å². The molecule has 22 heavy (non-hydrogen) atoms. The molecule has 0 aliphatic rings. The van der Waals surface area contributed by atoms with Gasteiger partial charge in [0.2, 0.25) is 5.78 Å². The Morgan fingerprint density at radius 1 is 1.00 bits per heavy atom. The van der Waals surface area contributed by atoms with Crippen molar-refractivity contribution < 1.29 is 14.0 Å². The van der Waals surface area contributed by atoms with E-state index in [1.807, 2.05) is 11.4 Å². The van der Waals surface area contributed by atoms with Crippen LogP contribution >= 0.6 is 11.3 Å². The number of carbonyl (C=O) groups is 2. The molecule has 0 bridgehead atoms. The molecule has 0 fully saturated rings. The molecule has 0 aliphatic carbocycles. The van der Waals surface area contributed by atoms with Gasteiger partial charge in [-0.1, -0.05) is 24.3 Å². The van der Waals surface area contributed by atoms with Crippen LogP contribution in [0.5, 0.6) is 0 Å². The van der Waals surface area contributed by atoms with E-state index in [0.717, 1.165) is 0 Å². The minimum absolute atomic E-state index is 0.140. The number of amides is 1. The highest BCUT2D eigenvalue weighted by Gasteiger charge is 2.18. The van der Waals surface area contributed by atoms with Crippen LogP contribution in [0.3, 0.4) is 0 Å². The predicted octanol–water partition coefficient (Wildman–Crippen LogP) is 3.50. The molecule has 0 saturated heterocycles. The van der Waals surface area contributed by atoms with Crippen molar-refractivity contribution in [3.05, 3.63) is 81.9 Å². The Morgan fingerprint density at radius 3 is 2.50 bits per heavy atom. The second-order valence-electron chi connectivity index (χ2n) is 4.61. The van der Waals surface area contributed by atoms with Gasteiger partial charge in [-0.3, -0.25) is 9.59 Å². The number of ketones is 1. The van der Waals surface area contributed by atoms with E-state index in [9.17, 15) is 9.59 Å². The van der Waals surface area contributed by atoms with Gasteiger partial charge in [0.25, 0.3) is 5.91 Å². The summed E-state index contributed by atoms with van der Waals surface area (Å²) in [5, 5.41) is 4.60. The number of rotatable bonds is 5. The third kappa shape index (κ3) is 2.99. The van der Waals surface area contributed by atoms with E-state index < -0.39 is 0 Å². The van der Waals surface area contributed by atoms with Crippen LogP contribution in [0.4, 0.5) is 0 Å². The molecule has 5 heteroatoms. The minimum Gasteiger partial charge on any atom is -0.467 e. The lowest BCUT2D eigenvalue weighted by molar-refractivity contribution is 0.0937. The second kappa shape index (κ2) is 6.41. The average Bonchev–Trinajstić information content (AvgIpc) is 3.25. The molecule has 1 amide bonds. The number of carbonyl (C=O) groups excluding carboxylic acids is 2. The quantitative estimate of drug-likeness (QED) is 0.734. The summed E-state index contributed by atoms with van der Waals surface area (Å²) in [4.78, 5) is 25.4. The van der Waals surface area contributed by atoms with Crippen molar-refractivity contribution in [2.45, 2.75) is 6.54 Å². The molecule has 1 aromatic carbocycles. The molecule has 0 saturated carbocycles. The molecule has 0 aliphatic heterocycles. The van der Waals surface area contributed by atoms with Crippen molar-refractivity contribution in [3.8, 4) is 0 Å². The van der Waals surface area contributed by atoms with Gasteiger partial charge in [-0.05, 0) is 29.6 Å². The summed E-state index contributed by atoms with van der Waals surface area (Å²) >= 11 is 1.36. The van der Waals surface area contributed by atoms with Gasteiger partial charge in [0.15, 0.2) is 0 Å². The van der Waals surface area contributed by atoms with E-state index in [4.69, 9.17) is 4.42 Å². The first-order valence-corrected chi connectivity index (χ1v) is 7.61. The highest BCUT2D eigenvalue weighted by atomic mass is 32.1. The SMILES string of the molecule is O=C(NCc1ccco1)c1ccccc1C(=O)c1cccs1. The molecular weight excluding hydrogens is 298 g/mol. The van der Waals surface area contributed by atoms with E-state index >= 15 is 0 Å². The van der Waals surface area contributed by atoms with Crippen LogP contribution in [0.1, 0.15) is 31.4 Å². The van der Waals surface area contributed by atoms with Gasteiger partial charge < -0.3 is 9.73 Å². The number of hydrogen-bond acceptors (Lipinski definition) is 4. The van der Waals surface area contributed by atoms with Gasteiger partial charge >= 0.3 is 0 Å². The smallest absolute Gasteiger partial charge is 0.252 e. The van der Waals surface area contributed by atoms with E-state index in [2.05, 4.69) is 5.32 Å². The molecular formula is C17H13NO3S. The van der Waals surface area contributed by atoms with Gasteiger partial charge in [0, 0.05) is 5.56 Å². The summed E-state index contributed by atoms with van der Waals surface area (Å²) in [7, 11) is 0. The Kier molecular flexibility index (Phi) is 4.16. The molecule has 0 spiro atoms. The van der Waals surface area contributed by atoms with Gasteiger partial charge in [-0.2, -0.15) is 0 Å². The fourth-order valence-electron chi connectivity index (χ4n) is 2.10. The molecule has 4 nitrogen and oxygen atoms in total. The molecule has 2 aromatic heterocycles. The lowest BCUT2D eigenvalue weighted by Crippen LogP contribution is -2.24. The number of benzene rings is 1. The van der Waals surface area contributed by atoms with Crippen molar-refractivity contribution >= 4 is 23.0 Å². The lowest BCUT2D eigenvalue weighted by Gasteiger charge is -2.08.